The first kappa shape index (κ1) is 24.9. The van der Waals surface area contributed by atoms with E-state index in [1.54, 1.807) is 12.4 Å². The Morgan fingerprint density at radius 2 is 1.89 bits per heavy atom. The summed E-state index contributed by atoms with van der Waals surface area (Å²) in [6, 6.07) is 17.0. The zero-order valence-electron chi connectivity index (χ0n) is 21.4. The van der Waals surface area contributed by atoms with E-state index in [0.717, 1.165) is 41.7 Å². The van der Waals surface area contributed by atoms with Crippen LogP contribution in [0.5, 0.6) is 0 Å². The fraction of sp³-hybridized carbons (Fsp3) is 0.250. The van der Waals surface area contributed by atoms with Crippen LogP contribution in [-0.4, -0.2) is 60.0 Å². The summed E-state index contributed by atoms with van der Waals surface area (Å²) in [5.74, 6) is 0.114. The average Bonchev–Trinajstić information content (AvgIpc) is 2.93. The number of nitrogens with two attached hydrogens (primary N) is 1. The van der Waals surface area contributed by atoms with E-state index in [1.165, 1.54) is 0 Å². The Balaban J connectivity index is 1.32. The third kappa shape index (κ3) is 5.49. The molecule has 0 saturated carbocycles. The molecule has 1 aliphatic rings. The number of nitrogens with zero attached hydrogens (tertiary/aromatic N) is 5. The molecule has 38 heavy (non-hydrogen) atoms. The molecule has 194 valence electrons. The van der Waals surface area contributed by atoms with E-state index in [1.807, 2.05) is 73.6 Å². The van der Waals surface area contributed by atoms with E-state index in [-0.39, 0.29) is 23.5 Å². The van der Waals surface area contributed by atoms with Gasteiger partial charge in [0.1, 0.15) is 5.82 Å². The van der Waals surface area contributed by atoms with Gasteiger partial charge in [-0.1, -0.05) is 6.07 Å². The van der Waals surface area contributed by atoms with E-state index in [0.29, 0.717) is 17.9 Å². The van der Waals surface area contributed by atoms with Crippen LogP contribution in [0.3, 0.4) is 0 Å². The van der Waals surface area contributed by atoms with Crippen molar-refractivity contribution in [1.82, 2.24) is 20.3 Å². The summed E-state index contributed by atoms with van der Waals surface area (Å²) in [4.78, 5) is 42.4. The number of amides is 2. The Kier molecular flexibility index (Phi) is 7.03. The second kappa shape index (κ2) is 10.7. The first-order valence-electron chi connectivity index (χ1n) is 12.5. The molecule has 10 nitrogen and oxygen atoms in total. The van der Waals surface area contributed by atoms with E-state index in [9.17, 15) is 9.59 Å². The van der Waals surface area contributed by atoms with E-state index >= 15 is 0 Å². The average molecular weight is 511 g/mol. The number of hydrogen-bond donors (Lipinski definition) is 3. The second-order valence-corrected chi connectivity index (χ2v) is 9.53. The Morgan fingerprint density at radius 3 is 2.66 bits per heavy atom. The van der Waals surface area contributed by atoms with Gasteiger partial charge >= 0.3 is 0 Å². The summed E-state index contributed by atoms with van der Waals surface area (Å²) < 4.78 is 0. The number of hydrogen-bond acceptors (Lipinski definition) is 8. The van der Waals surface area contributed by atoms with Gasteiger partial charge < -0.3 is 26.2 Å². The zero-order chi connectivity index (χ0) is 26.6. The molecule has 1 aliphatic heterocycles. The Morgan fingerprint density at radius 1 is 1.08 bits per heavy atom. The molecule has 5 rings (SSSR count). The van der Waals surface area contributed by atoms with Gasteiger partial charge in [0.25, 0.3) is 11.8 Å². The number of anilines is 4. The van der Waals surface area contributed by atoms with Gasteiger partial charge in [0.2, 0.25) is 0 Å². The van der Waals surface area contributed by atoms with E-state index < -0.39 is 5.91 Å². The maximum atomic E-state index is 12.9. The molecule has 2 aromatic heterocycles. The molecule has 0 spiro atoms. The minimum Gasteiger partial charge on any atom is -0.378 e. The van der Waals surface area contributed by atoms with Gasteiger partial charge in [-0.25, -0.2) is 9.97 Å². The van der Waals surface area contributed by atoms with Crippen LogP contribution in [0.25, 0.3) is 10.9 Å². The van der Waals surface area contributed by atoms with Crippen LogP contribution in [0.2, 0.25) is 0 Å². The van der Waals surface area contributed by atoms with Crippen molar-refractivity contribution in [2.45, 2.75) is 18.9 Å². The molecule has 1 saturated heterocycles. The number of rotatable bonds is 7. The third-order valence-electron chi connectivity index (χ3n) is 6.59. The van der Waals surface area contributed by atoms with Gasteiger partial charge in [-0.2, -0.15) is 0 Å². The minimum absolute atomic E-state index is 0.0493. The summed E-state index contributed by atoms with van der Waals surface area (Å²) in [5.41, 5.74) is 8.91. The molecule has 2 aromatic carbocycles. The predicted octanol–water partition coefficient (Wildman–Crippen LogP) is 3.33. The molecule has 10 heteroatoms. The van der Waals surface area contributed by atoms with Gasteiger partial charge in [0.05, 0.1) is 11.7 Å². The highest BCUT2D eigenvalue weighted by Gasteiger charge is 2.24. The molecule has 0 radical (unpaired) electrons. The van der Waals surface area contributed by atoms with E-state index in [2.05, 4.69) is 25.5 Å². The smallest absolute Gasteiger partial charge is 0.271 e. The number of primary amides is 1. The highest BCUT2D eigenvalue weighted by Crippen LogP contribution is 2.25. The maximum Gasteiger partial charge on any atom is 0.271 e. The third-order valence-corrected chi connectivity index (χ3v) is 6.59. The standard InChI is InChI=1S/C28H30N8O2/c1-35(2)22-10-7-18(8-11-22)28(38)33-21-6-4-14-36(17-21)24-16-31-25(26(29)37)27(34-24)32-20-9-12-23-19(15-20)5-3-13-30-23/h3,5,7-13,15-16,21H,4,6,14,17H2,1-2H3,(H2,29,37)(H,32,34)(H,33,38)/t21-/m1/s1. The summed E-state index contributed by atoms with van der Waals surface area (Å²) in [5, 5.41) is 7.30. The number of piperidine rings is 1. The largest absolute Gasteiger partial charge is 0.378 e. The van der Waals surface area contributed by atoms with Crippen LogP contribution in [0.1, 0.15) is 33.7 Å². The van der Waals surface area contributed by atoms with Crippen molar-refractivity contribution < 1.29 is 9.59 Å². The van der Waals surface area contributed by atoms with Crippen molar-refractivity contribution in [1.29, 1.82) is 0 Å². The molecular formula is C28H30N8O2. The molecule has 0 aliphatic carbocycles. The maximum absolute atomic E-state index is 12.9. The first-order valence-corrected chi connectivity index (χ1v) is 12.5. The lowest BCUT2D eigenvalue weighted by atomic mass is 10.0. The van der Waals surface area contributed by atoms with Crippen LogP contribution in [-0.2, 0) is 0 Å². The quantitative estimate of drug-likeness (QED) is 0.345. The highest BCUT2D eigenvalue weighted by atomic mass is 16.2. The molecule has 1 atom stereocenters. The number of pyridine rings is 1. The zero-order valence-corrected chi connectivity index (χ0v) is 21.4. The van der Waals surface area contributed by atoms with Crippen LogP contribution in [0, 0.1) is 0 Å². The molecule has 1 fully saturated rings. The molecule has 4 N–H and O–H groups in total. The highest BCUT2D eigenvalue weighted by molar-refractivity contribution is 5.97. The van der Waals surface area contributed by atoms with Crippen molar-refractivity contribution in [3.05, 3.63) is 78.2 Å². The monoisotopic (exact) mass is 510 g/mol. The summed E-state index contributed by atoms with van der Waals surface area (Å²) in [7, 11) is 3.93. The number of carbonyl (C=O) groups excluding carboxylic acids is 2. The van der Waals surface area contributed by atoms with Gasteiger partial charge in [0.15, 0.2) is 11.5 Å². The fourth-order valence-corrected chi connectivity index (χ4v) is 4.57. The first-order chi connectivity index (χ1) is 18.4. The number of benzene rings is 2. The van der Waals surface area contributed by atoms with Crippen molar-refractivity contribution in [3.63, 3.8) is 0 Å². The van der Waals surface area contributed by atoms with E-state index in [4.69, 9.17) is 10.7 Å². The van der Waals surface area contributed by atoms with Crippen LogP contribution in [0.4, 0.5) is 23.0 Å². The molecular weight excluding hydrogens is 480 g/mol. The number of fused-ring (bicyclic) bond motifs is 1. The number of aromatic nitrogens is 3. The van der Waals surface area contributed by atoms with Crippen LogP contribution in [0.15, 0.2) is 67.0 Å². The summed E-state index contributed by atoms with van der Waals surface area (Å²) in [6.45, 7) is 1.34. The molecule has 3 heterocycles. The topological polar surface area (TPSA) is 129 Å². The van der Waals surface area contributed by atoms with Gasteiger partial charge in [-0.05, 0) is 61.4 Å². The molecule has 0 bridgehead atoms. The van der Waals surface area contributed by atoms with Crippen molar-refractivity contribution in [3.8, 4) is 0 Å². The molecule has 0 unspecified atom stereocenters. The number of nitrogens with one attached hydrogen (secondary N) is 2. The summed E-state index contributed by atoms with van der Waals surface area (Å²) in [6.07, 6.45) is 5.04. The van der Waals surface area contributed by atoms with Crippen LogP contribution >= 0.6 is 0 Å². The van der Waals surface area contributed by atoms with Crippen molar-refractivity contribution in [2.75, 3.05) is 42.3 Å². The lowest BCUT2D eigenvalue weighted by molar-refractivity contribution is 0.0932. The van der Waals surface area contributed by atoms with Crippen LogP contribution < -0.4 is 26.2 Å². The number of carbonyl (C=O) groups is 2. The molecule has 4 aromatic rings. The molecule has 2 amide bonds. The lowest BCUT2D eigenvalue weighted by Crippen LogP contribution is -2.48. The SMILES string of the molecule is CN(C)c1ccc(C(=O)N[C@@H]2CCCN(c3cnc(C(N)=O)c(Nc4ccc5ncccc5c4)n3)C2)cc1. The second-order valence-electron chi connectivity index (χ2n) is 9.53. The van der Waals surface area contributed by atoms with Gasteiger partial charge in [0, 0.05) is 61.7 Å². The Hall–Kier alpha value is -4.73. The Labute approximate surface area is 220 Å². The normalized spacial score (nSPS) is 15.2. The van der Waals surface area contributed by atoms with Gasteiger partial charge in [-0.15, -0.1) is 0 Å². The fourth-order valence-electron chi connectivity index (χ4n) is 4.57. The predicted molar refractivity (Wildman–Crippen MR) is 149 cm³/mol. The summed E-state index contributed by atoms with van der Waals surface area (Å²) >= 11 is 0. The lowest BCUT2D eigenvalue weighted by Gasteiger charge is -2.34. The van der Waals surface area contributed by atoms with Crippen molar-refractivity contribution >= 4 is 45.7 Å². The minimum atomic E-state index is -0.668. The van der Waals surface area contributed by atoms with Crippen molar-refractivity contribution in [2.24, 2.45) is 5.73 Å². The Bertz CT molecular complexity index is 1470. The van der Waals surface area contributed by atoms with Gasteiger partial charge in [-0.3, -0.25) is 14.6 Å².